The number of hydrogen-bond donors (Lipinski definition) is 0. The first kappa shape index (κ1) is 20.4. The first-order chi connectivity index (χ1) is 12.4. The van der Waals surface area contributed by atoms with E-state index in [1.54, 1.807) is 0 Å². The van der Waals surface area contributed by atoms with Crippen LogP contribution in [0, 0.1) is 17.3 Å². The van der Waals surface area contributed by atoms with Crippen LogP contribution in [0.1, 0.15) is 57.6 Å². The smallest absolute Gasteiger partial charge is 0.133 e. The number of rotatable bonds is 5. The van der Waals surface area contributed by atoms with E-state index in [9.17, 15) is 4.55 Å². The number of hydrogen-bond acceptors (Lipinski definition) is 3. The SMILES string of the molecule is CCCC[S+]([O-])N=C1c2cc(Br)ccc2CC12C[C@@H](C)C(OC)[C@@H](C)C2. The Hall–Kier alpha value is -0.360. The van der Waals surface area contributed by atoms with E-state index >= 15 is 0 Å². The molecule has 1 spiro atoms. The summed E-state index contributed by atoms with van der Waals surface area (Å²) in [5.74, 6) is 1.59. The second kappa shape index (κ2) is 8.34. The molecule has 0 amide bonds. The maximum atomic E-state index is 12.6. The van der Waals surface area contributed by atoms with Crippen LogP contribution < -0.4 is 0 Å². The van der Waals surface area contributed by atoms with E-state index in [1.807, 2.05) is 7.11 Å². The molecule has 2 aliphatic carbocycles. The molecule has 26 heavy (non-hydrogen) atoms. The van der Waals surface area contributed by atoms with Crippen LogP contribution in [0.3, 0.4) is 0 Å². The minimum absolute atomic E-state index is 0.00113. The molecular weight excluding hydrogens is 410 g/mol. The lowest BCUT2D eigenvalue weighted by Gasteiger charge is -2.44. The van der Waals surface area contributed by atoms with Crippen LogP contribution in [-0.4, -0.2) is 29.2 Å². The second-order valence-electron chi connectivity index (χ2n) is 8.14. The molecule has 1 aromatic rings. The van der Waals surface area contributed by atoms with E-state index < -0.39 is 11.4 Å². The molecule has 3 rings (SSSR count). The average Bonchev–Trinajstić information content (AvgIpc) is 2.85. The Morgan fingerprint density at radius 1 is 1.31 bits per heavy atom. The fourth-order valence-corrected chi connectivity index (χ4v) is 6.61. The van der Waals surface area contributed by atoms with Crippen molar-refractivity contribution in [1.82, 2.24) is 0 Å². The molecule has 0 bridgehead atoms. The second-order valence-corrected chi connectivity index (χ2v) is 10.3. The Bertz CT molecular complexity index is 666. The van der Waals surface area contributed by atoms with E-state index in [4.69, 9.17) is 9.13 Å². The molecule has 0 saturated heterocycles. The van der Waals surface area contributed by atoms with E-state index in [1.165, 1.54) is 11.1 Å². The number of benzene rings is 1. The van der Waals surface area contributed by atoms with Gasteiger partial charge in [-0.1, -0.05) is 53.6 Å². The van der Waals surface area contributed by atoms with Crippen molar-refractivity contribution >= 4 is 33.0 Å². The third kappa shape index (κ3) is 3.91. The van der Waals surface area contributed by atoms with Crippen LogP contribution >= 0.6 is 15.9 Å². The number of methoxy groups -OCH3 is 1. The van der Waals surface area contributed by atoms with Gasteiger partial charge in [-0.05, 0) is 55.2 Å². The highest BCUT2D eigenvalue weighted by molar-refractivity contribution is 9.10. The van der Waals surface area contributed by atoms with Crippen LogP contribution in [0.15, 0.2) is 27.1 Å². The fourth-order valence-electron chi connectivity index (χ4n) is 5.13. The van der Waals surface area contributed by atoms with Crippen molar-refractivity contribution in [1.29, 1.82) is 0 Å². The topological polar surface area (TPSA) is 44.7 Å². The highest BCUT2D eigenvalue weighted by Gasteiger charge is 2.51. The summed E-state index contributed by atoms with van der Waals surface area (Å²) < 4.78 is 24.3. The zero-order valence-corrected chi connectivity index (χ0v) is 18.7. The van der Waals surface area contributed by atoms with Crippen LogP contribution in [0.25, 0.3) is 0 Å². The minimum atomic E-state index is -1.14. The molecule has 0 heterocycles. The van der Waals surface area contributed by atoms with Crippen molar-refractivity contribution < 1.29 is 9.29 Å². The molecule has 0 aliphatic heterocycles. The predicted molar refractivity (Wildman–Crippen MR) is 113 cm³/mol. The normalized spacial score (nSPS) is 33.6. The van der Waals surface area contributed by atoms with Gasteiger partial charge in [0.2, 0.25) is 0 Å². The summed E-state index contributed by atoms with van der Waals surface area (Å²) in [4.78, 5) is 0. The lowest BCUT2D eigenvalue weighted by Crippen LogP contribution is -2.45. The summed E-state index contributed by atoms with van der Waals surface area (Å²) in [7, 11) is 1.82. The highest BCUT2D eigenvalue weighted by atomic mass is 79.9. The van der Waals surface area contributed by atoms with Crippen molar-refractivity contribution in [2.75, 3.05) is 12.9 Å². The van der Waals surface area contributed by atoms with Crippen molar-refractivity contribution in [2.45, 2.75) is 59.0 Å². The average molecular weight is 440 g/mol. The van der Waals surface area contributed by atoms with Crippen LogP contribution in [0.2, 0.25) is 0 Å². The highest BCUT2D eigenvalue weighted by Crippen LogP contribution is 2.52. The van der Waals surface area contributed by atoms with Gasteiger partial charge in [0.25, 0.3) is 0 Å². The molecule has 3 nitrogen and oxygen atoms in total. The number of unbranched alkanes of at least 4 members (excludes halogenated alkanes) is 1. The third-order valence-electron chi connectivity index (χ3n) is 6.04. The van der Waals surface area contributed by atoms with Crippen molar-refractivity contribution in [2.24, 2.45) is 21.6 Å². The molecule has 0 aromatic heterocycles. The Morgan fingerprint density at radius 2 is 2.00 bits per heavy atom. The molecule has 5 atom stereocenters. The van der Waals surface area contributed by atoms with E-state index in [-0.39, 0.29) is 5.41 Å². The minimum Gasteiger partial charge on any atom is -0.591 e. The molecule has 1 saturated carbocycles. The number of halogens is 1. The molecule has 1 fully saturated rings. The molecule has 5 heteroatoms. The molecular formula is C21H30BrNO2S. The van der Waals surface area contributed by atoms with Gasteiger partial charge in [0.15, 0.2) is 0 Å². The van der Waals surface area contributed by atoms with Gasteiger partial charge in [-0.25, -0.2) is 0 Å². The summed E-state index contributed by atoms with van der Waals surface area (Å²) in [6.07, 6.45) is 5.40. The number of ether oxygens (including phenoxy) is 1. The van der Waals surface area contributed by atoms with Crippen LogP contribution in [-0.2, 0) is 22.5 Å². The first-order valence-electron chi connectivity index (χ1n) is 9.69. The molecule has 0 radical (unpaired) electrons. The molecule has 3 unspecified atom stereocenters. The van der Waals surface area contributed by atoms with Gasteiger partial charge in [0.1, 0.15) is 11.5 Å². The summed E-state index contributed by atoms with van der Waals surface area (Å²) in [6.45, 7) is 6.70. The Kier molecular flexibility index (Phi) is 6.53. The third-order valence-corrected chi connectivity index (χ3v) is 7.56. The summed E-state index contributed by atoms with van der Waals surface area (Å²) >= 11 is 2.46. The van der Waals surface area contributed by atoms with Gasteiger partial charge in [-0.3, -0.25) is 0 Å². The lowest BCUT2D eigenvalue weighted by molar-refractivity contribution is -0.0342. The van der Waals surface area contributed by atoms with Crippen LogP contribution in [0.4, 0.5) is 0 Å². The zero-order valence-electron chi connectivity index (χ0n) is 16.3. The predicted octanol–water partition coefficient (Wildman–Crippen LogP) is 5.33. The van der Waals surface area contributed by atoms with E-state index in [2.05, 4.69) is 54.9 Å². The van der Waals surface area contributed by atoms with E-state index in [0.717, 1.165) is 42.3 Å². The van der Waals surface area contributed by atoms with Gasteiger partial charge >= 0.3 is 0 Å². The van der Waals surface area contributed by atoms with Crippen molar-refractivity contribution in [3.8, 4) is 0 Å². The molecule has 144 valence electrons. The van der Waals surface area contributed by atoms with Gasteiger partial charge in [-0.2, -0.15) is 0 Å². The lowest BCUT2D eigenvalue weighted by atomic mass is 9.63. The largest absolute Gasteiger partial charge is 0.591 e. The summed E-state index contributed by atoms with van der Waals surface area (Å²) in [5.41, 5.74) is 3.62. The Morgan fingerprint density at radius 3 is 2.62 bits per heavy atom. The van der Waals surface area contributed by atoms with Crippen LogP contribution in [0.5, 0.6) is 0 Å². The van der Waals surface area contributed by atoms with Gasteiger partial charge < -0.3 is 9.29 Å². The number of fused-ring (bicyclic) bond motifs is 1. The summed E-state index contributed by atoms with van der Waals surface area (Å²) in [6, 6.07) is 6.48. The standard InChI is InChI=1S/C21H30BrNO2S/c1-5-6-9-26(24)23-20-18-10-17(22)8-7-16(18)13-21(20)11-14(2)19(25-4)15(3)12-21/h7-8,10,14-15,19H,5-6,9,11-13H2,1-4H3/t14-,15+,19?,21?,26?. The first-order valence-corrected chi connectivity index (χ1v) is 11.8. The quantitative estimate of drug-likeness (QED) is 0.582. The summed E-state index contributed by atoms with van der Waals surface area (Å²) in [5, 5.41) is 0. The van der Waals surface area contributed by atoms with Gasteiger partial charge in [0, 0.05) is 22.6 Å². The Balaban J connectivity index is 2.00. The van der Waals surface area contributed by atoms with Crippen molar-refractivity contribution in [3.05, 3.63) is 33.8 Å². The van der Waals surface area contributed by atoms with Gasteiger partial charge in [-0.15, -0.1) is 0 Å². The molecule has 1 aromatic carbocycles. The maximum absolute atomic E-state index is 12.6. The van der Waals surface area contributed by atoms with Gasteiger partial charge in [0.05, 0.1) is 17.5 Å². The monoisotopic (exact) mass is 439 g/mol. The number of nitrogens with zero attached hydrogens (tertiary/aromatic N) is 1. The van der Waals surface area contributed by atoms with E-state index in [0.29, 0.717) is 23.7 Å². The molecule has 0 N–H and O–H groups in total. The van der Waals surface area contributed by atoms with Crippen molar-refractivity contribution in [3.63, 3.8) is 0 Å². The fraction of sp³-hybridized carbons (Fsp3) is 0.667. The molecule has 2 aliphatic rings. The maximum Gasteiger partial charge on any atom is 0.133 e. The Labute approximate surface area is 169 Å². The zero-order chi connectivity index (χ0) is 18.9.